The maximum absolute atomic E-state index is 13.5. The van der Waals surface area contributed by atoms with E-state index >= 15 is 0 Å². The number of nitrogens with one attached hydrogen (secondary N) is 2. The van der Waals surface area contributed by atoms with Crippen LogP contribution < -0.4 is 10.6 Å². The van der Waals surface area contributed by atoms with Gasteiger partial charge in [-0.2, -0.15) is 0 Å². The Labute approximate surface area is 156 Å². The second-order valence-corrected chi connectivity index (χ2v) is 7.48. The number of nitrogens with zero attached hydrogens (tertiary/aromatic N) is 1. The van der Waals surface area contributed by atoms with Crippen LogP contribution in [-0.4, -0.2) is 36.3 Å². The molecule has 1 aliphatic rings. The van der Waals surface area contributed by atoms with E-state index in [0.717, 1.165) is 32.5 Å². The number of thiophene rings is 1. The van der Waals surface area contributed by atoms with Crippen molar-refractivity contribution < 1.29 is 14.0 Å². The average molecular weight is 375 g/mol. The third-order valence-electron chi connectivity index (χ3n) is 4.55. The van der Waals surface area contributed by atoms with Gasteiger partial charge >= 0.3 is 11.8 Å². The van der Waals surface area contributed by atoms with Crippen LogP contribution in [-0.2, 0) is 16.1 Å². The van der Waals surface area contributed by atoms with Crippen LogP contribution in [0.25, 0.3) is 0 Å². The summed E-state index contributed by atoms with van der Waals surface area (Å²) in [4.78, 5) is 27.6. The van der Waals surface area contributed by atoms with E-state index in [2.05, 4.69) is 33.0 Å². The van der Waals surface area contributed by atoms with Crippen LogP contribution in [0, 0.1) is 11.7 Å². The van der Waals surface area contributed by atoms with Gasteiger partial charge in [-0.25, -0.2) is 4.39 Å². The Hall–Kier alpha value is -2.25. The molecule has 1 aliphatic heterocycles. The second kappa shape index (κ2) is 8.91. The van der Waals surface area contributed by atoms with Gasteiger partial charge in [0.2, 0.25) is 0 Å². The minimum Gasteiger partial charge on any atom is -0.348 e. The molecular formula is C19H22FN3O2S. The zero-order valence-electron chi connectivity index (χ0n) is 14.4. The van der Waals surface area contributed by atoms with Crippen molar-refractivity contribution in [1.82, 2.24) is 10.2 Å². The number of carbonyl (C=O) groups is 2. The summed E-state index contributed by atoms with van der Waals surface area (Å²) < 4.78 is 13.5. The van der Waals surface area contributed by atoms with Crippen LogP contribution in [0.3, 0.4) is 0 Å². The number of carbonyl (C=O) groups excluding carboxylic acids is 2. The molecule has 0 radical (unpaired) electrons. The topological polar surface area (TPSA) is 61.4 Å². The molecule has 0 aliphatic carbocycles. The van der Waals surface area contributed by atoms with Crippen molar-refractivity contribution in [3.63, 3.8) is 0 Å². The van der Waals surface area contributed by atoms with E-state index in [1.807, 2.05) is 0 Å². The number of benzene rings is 1. The number of anilines is 1. The summed E-state index contributed by atoms with van der Waals surface area (Å²) in [6.45, 7) is 3.41. The van der Waals surface area contributed by atoms with Gasteiger partial charge < -0.3 is 10.6 Å². The zero-order chi connectivity index (χ0) is 18.4. The fourth-order valence-electron chi connectivity index (χ4n) is 3.03. The largest absolute Gasteiger partial charge is 0.348 e. The molecular weight excluding hydrogens is 353 g/mol. The van der Waals surface area contributed by atoms with Gasteiger partial charge in [0.05, 0.1) is 5.69 Å². The molecule has 5 nitrogen and oxygen atoms in total. The van der Waals surface area contributed by atoms with Gasteiger partial charge in [0, 0.05) is 18.0 Å². The van der Waals surface area contributed by atoms with Gasteiger partial charge in [0.15, 0.2) is 0 Å². The highest BCUT2D eigenvalue weighted by molar-refractivity contribution is 7.09. The molecule has 2 heterocycles. The summed E-state index contributed by atoms with van der Waals surface area (Å²) in [5, 5.41) is 7.05. The molecule has 0 unspecified atom stereocenters. The summed E-state index contributed by atoms with van der Waals surface area (Å²) in [7, 11) is 0. The fourth-order valence-corrected chi connectivity index (χ4v) is 3.78. The number of halogens is 1. The van der Waals surface area contributed by atoms with Crippen LogP contribution in [0.1, 0.15) is 17.7 Å². The van der Waals surface area contributed by atoms with Crippen molar-refractivity contribution in [3.8, 4) is 0 Å². The number of likely N-dealkylation sites (tertiary alicyclic amines) is 1. The molecule has 1 saturated heterocycles. The normalized spacial score (nSPS) is 15.6. The highest BCUT2D eigenvalue weighted by atomic mass is 32.1. The Balaban J connectivity index is 1.38. The number of hydrogen-bond donors (Lipinski definition) is 2. The quantitative estimate of drug-likeness (QED) is 0.790. The minimum atomic E-state index is -0.842. The Morgan fingerprint density at radius 3 is 2.58 bits per heavy atom. The number of para-hydroxylation sites is 1. The third-order valence-corrected chi connectivity index (χ3v) is 5.41. The SMILES string of the molecule is O=C(NCC1CCN(Cc2cccs2)CC1)C(=O)Nc1ccccc1F. The maximum Gasteiger partial charge on any atom is 0.313 e. The van der Waals surface area contributed by atoms with Gasteiger partial charge in [-0.3, -0.25) is 14.5 Å². The van der Waals surface area contributed by atoms with Gasteiger partial charge in [-0.1, -0.05) is 18.2 Å². The smallest absolute Gasteiger partial charge is 0.313 e. The first-order chi connectivity index (χ1) is 12.6. The van der Waals surface area contributed by atoms with Gasteiger partial charge in [0.1, 0.15) is 5.82 Å². The molecule has 1 aromatic carbocycles. The average Bonchev–Trinajstić information content (AvgIpc) is 3.16. The van der Waals surface area contributed by atoms with Crippen LogP contribution in [0.15, 0.2) is 41.8 Å². The number of hydrogen-bond acceptors (Lipinski definition) is 4. The molecule has 1 aromatic heterocycles. The van der Waals surface area contributed by atoms with E-state index in [1.165, 1.54) is 23.1 Å². The summed E-state index contributed by atoms with van der Waals surface area (Å²) in [6.07, 6.45) is 1.97. The molecule has 3 rings (SSSR count). The summed E-state index contributed by atoms with van der Waals surface area (Å²) in [5.74, 6) is -1.77. The minimum absolute atomic E-state index is 0.00883. The first kappa shape index (κ1) is 18.5. The molecule has 2 aromatic rings. The number of rotatable bonds is 5. The molecule has 2 amide bonds. The molecule has 0 spiro atoms. The molecule has 0 bridgehead atoms. The van der Waals surface area contributed by atoms with Crippen LogP contribution in [0.2, 0.25) is 0 Å². The number of piperidine rings is 1. The van der Waals surface area contributed by atoms with E-state index in [4.69, 9.17) is 0 Å². The predicted octanol–water partition coefficient (Wildman–Crippen LogP) is 2.85. The first-order valence-electron chi connectivity index (χ1n) is 8.70. The van der Waals surface area contributed by atoms with E-state index in [1.54, 1.807) is 17.4 Å². The lowest BCUT2D eigenvalue weighted by Gasteiger charge is -2.31. The van der Waals surface area contributed by atoms with E-state index in [0.29, 0.717) is 12.5 Å². The van der Waals surface area contributed by atoms with Crippen molar-refractivity contribution in [2.75, 3.05) is 25.0 Å². The Morgan fingerprint density at radius 2 is 1.88 bits per heavy atom. The zero-order valence-corrected chi connectivity index (χ0v) is 15.2. The lowest BCUT2D eigenvalue weighted by molar-refractivity contribution is -0.136. The van der Waals surface area contributed by atoms with Crippen molar-refractivity contribution in [2.24, 2.45) is 5.92 Å². The van der Waals surface area contributed by atoms with Crippen LogP contribution in [0.4, 0.5) is 10.1 Å². The maximum atomic E-state index is 13.5. The van der Waals surface area contributed by atoms with Crippen molar-refractivity contribution in [1.29, 1.82) is 0 Å². The summed E-state index contributed by atoms with van der Waals surface area (Å²) >= 11 is 1.77. The molecule has 26 heavy (non-hydrogen) atoms. The molecule has 138 valence electrons. The third kappa shape index (κ3) is 5.12. The summed E-state index contributed by atoms with van der Waals surface area (Å²) in [5.41, 5.74) is 0.00883. The number of amides is 2. The summed E-state index contributed by atoms with van der Waals surface area (Å²) in [6, 6.07) is 9.98. The molecule has 0 atom stereocenters. The van der Waals surface area contributed by atoms with E-state index in [9.17, 15) is 14.0 Å². The highest BCUT2D eigenvalue weighted by Crippen LogP contribution is 2.20. The lowest BCUT2D eigenvalue weighted by atomic mass is 9.97. The van der Waals surface area contributed by atoms with Crippen molar-refractivity contribution >= 4 is 28.8 Å². The molecule has 7 heteroatoms. The first-order valence-corrected chi connectivity index (χ1v) is 9.58. The molecule has 2 N–H and O–H groups in total. The lowest BCUT2D eigenvalue weighted by Crippen LogP contribution is -2.41. The highest BCUT2D eigenvalue weighted by Gasteiger charge is 2.22. The Morgan fingerprint density at radius 1 is 1.12 bits per heavy atom. The van der Waals surface area contributed by atoms with Gasteiger partial charge in [-0.15, -0.1) is 11.3 Å². The standard InChI is InChI=1S/C19H22FN3O2S/c20-16-5-1-2-6-17(16)22-19(25)18(24)21-12-14-7-9-23(10-8-14)13-15-4-3-11-26-15/h1-6,11,14H,7-10,12-13H2,(H,21,24)(H,22,25). The predicted molar refractivity (Wildman–Crippen MR) is 100 cm³/mol. The molecule has 1 fully saturated rings. The van der Waals surface area contributed by atoms with E-state index in [-0.39, 0.29) is 5.69 Å². The fraction of sp³-hybridized carbons (Fsp3) is 0.368. The van der Waals surface area contributed by atoms with E-state index < -0.39 is 17.6 Å². The molecule has 0 saturated carbocycles. The monoisotopic (exact) mass is 375 g/mol. The Bertz CT molecular complexity index is 743. The van der Waals surface area contributed by atoms with Crippen LogP contribution >= 0.6 is 11.3 Å². The van der Waals surface area contributed by atoms with Crippen molar-refractivity contribution in [3.05, 3.63) is 52.5 Å². The van der Waals surface area contributed by atoms with Gasteiger partial charge in [-0.05, 0) is 55.4 Å². The van der Waals surface area contributed by atoms with Gasteiger partial charge in [0.25, 0.3) is 0 Å². The van der Waals surface area contributed by atoms with Crippen LogP contribution in [0.5, 0.6) is 0 Å². The van der Waals surface area contributed by atoms with Crippen molar-refractivity contribution in [2.45, 2.75) is 19.4 Å². The second-order valence-electron chi connectivity index (χ2n) is 6.44. The Kier molecular flexibility index (Phi) is 6.35.